The van der Waals surface area contributed by atoms with E-state index in [0.29, 0.717) is 24.3 Å². The summed E-state index contributed by atoms with van der Waals surface area (Å²) in [5.41, 5.74) is 1.73. The Morgan fingerprint density at radius 1 is 1.20 bits per heavy atom. The maximum atomic E-state index is 11.3. The molecular weight excluding hydrogens is 452 g/mol. The molecule has 1 unspecified atom stereocenters. The van der Waals surface area contributed by atoms with Gasteiger partial charge in [0.2, 0.25) is 0 Å². The van der Waals surface area contributed by atoms with Crippen LogP contribution in [-0.2, 0) is 11.4 Å². The summed E-state index contributed by atoms with van der Waals surface area (Å²) in [5.74, 6) is 0.0559. The third kappa shape index (κ3) is 5.75. The Morgan fingerprint density at radius 3 is 2.64 bits per heavy atom. The fourth-order valence-corrected chi connectivity index (χ4v) is 3.42. The molecule has 1 atom stereocenters. The molecule has 0 aliphatic rings. The molecular formula is C19H20Br2O4. The Kier molecular flexibility index (Phi) is 7.78. The van der Waals surface area contributed by atoms with Gasteiger partial charge in [-0.2, -0.15) is 0 Å². The zero-order valence-electron chi connectivity index (χ0n) is 13.9. The van der Waals surface area contributed by atoms with Gasteiger partial charge in [-0.1, -0.05) is 41.1 Å². The molecule has 0 saturated carbocycles. The van der Waals surface area contributed by atoms with Crippen molar-refractivity contribution in [2.45, 2.75) is 25.9 Å². The fraction of sp³-hybridized carbons (Fsp3) is 0.316. The lowest BCUT2D eigenvalue weighted by molar-refractivity contribution is -0.138. The summed E-state index contributed by atoms with van der Waals surface area (Å²) in [6, 6.07) is 13.2. The van der Waals surface area contributed by atoms with Crippen LogP contribution in [0.5, 0.6) is 11.5 Å². The van der Waals surface area contributed by atoms with Crippen molar-refractivity contribution in [2.75, 3.05) is 11.9 Å². The highest BCUT2D eigenvalue weighted by atomic mass is 79.9. The van der Waals surface area contributed by atoms with E-state index >= 15 is 0 Å². The molecule has 0 aliphatic carbocycles. The lowest BCUT2D eigenvalue weighted by atomic mass is 10.0. The van der Waals surface area contributed by atoms with Gasteiger partial charge in [0.25, 0.3) is 0 Å². The van der Waals surface area contributed by atoms with Gasteiger partial charge < -0.3 is 14.6 Å². The number of hydrogen-bond acceptors (Lipinski definition) is 3. The van der Waals surface area contributed by atoms with E-state index in [1.165, 1.54) is 0 Å². The van der Waals surface area contributed by atoms with Gasteiger partial charge in [-0.25, -0.2) is 0 Å². The van der Waals surface area contributed by atoms with Gasteiger partial charge in [0.15, 0.2) is 0 Å². The third-order valence-corrected chi connectivity index (χ3v) is 4.84. The number of rotatable bonds is 9. The van der Waals surface area contributed by atoms with Crippen molar-refractivity contribution in [2.24, 2.45) is 0 Å². The minimum Gasteiger partial charge on any atom is -0.494 e. The molecule has 6 heteroatoms. The van der Waals surface area contributed by atoms with E-state index < -0.39 is 11.9 Å². The first kappa shape index (κ1) is 19.8. The van der Waals surface area contributed by atoms with Gasteiger partial charge in [-0.15, -0.1) is 0 Å². The summed E-state index contributed by atoms with van der Waals surface area (Å²) in [7, 11) is 0. The van der Waals surface area contributed by atoms with Crippen LogP contribution in [-0.4, -0.2) is 23.0 Å². The highest BCUT2D eigenvalue weighted by Gasteiger charge is 2.19. The van der Waals surface area contributed by atoms with Crippen LogP contribution in [0, 0.1) is 0 Å². The van der Waals surface area contributed by atoms with Crippen molar-refractivity contribution in [3.8, 4) is 11.5 Å². The molecule has 4 nitrogen and oxygen atoms in total. The molecule has 1 N–H and O–H groups in total. The van der Waals surface area contributed by atoms with Crippen molar-refractivity contribution in [1.29, 1.82) is 0 Å². The molecule has 0 bridgehead atoms. The number of carboxylic acid groups (broad SMARTS) is 1. The van der Waals surface area contributed by atoms with Gasteiger partial charge in [-0.05, 0) is 57.7 Å². The summed E-state index contributed by atoms with van der Waals surface area (Å²) < 4.78 is 12.2. The Balaban J connectivity index is 2.05. The molecule has 0 heterocycles. The Hall–Kier alpha value is -1.53. The molecule has 0 amide bonds. The SMILES string of the molecule is CCCOc1cccc(COc2ccc(C(CBr)C(=O)O)cc2Br)c1. The molecule has 0 saturated heterocycles. The van der Waals surface area contributed by atoms with E-state index in [9.17, 15) is 9.90 Å². The minimum atomic E-state index is -0.860. The number of alkyl halides is 1. The molecule has 0 fully saturated rings. The standard InChI is InChI=1S/C19H20Br2O4/c1-2-8-24-15-5-3-4-13(9-15)12-25-18-7-6-14(10-17(18)21)16(11-20)19(22)23/h3-7,9-10,16H,2,8,11-12H2,1H3,(H,22,23). The lowest BCUT2D eigenvalue weighted by Gasteiger charge is -2.13. The van der Waals surface area contributed by atoms with Crippen LogP contribution in [0.4, 0.5) is 0 Å². The van der Waals surface area contributed by atoms with Gasteiger partial charge >= 0.3 is 5.97 Å². The van der Waals surface area contributed by atoms with Gasteiger partial charge in [-0.3, -0.25) is 4.79 Å². The summed E-state index contributed by atoms with van der Waals surface area (Å²) in [4.78, 5) is 11.3. The molecule has 2 aromatic rings. The number of halogens is 2. The number of benzene rings is 2. The van der Waals surface area contributed by atoms with Gasteiger partial charge in [0.1, 0.15) is 18.1 Å². The lowest BCUT2D eigenvalue weighted by Crippen LogP contribution is -2.12. The van der Waals surface area contributed by atoms with Crippen LogP contribution in [0.2, 0.25) is 0 Å². The summed E-state index contributed by atoms with van der Waals surface area (Å²) >= 11 is 6.70. The van der Waals surface area contributed by atoms with Crippen molar-refractivity contribution in [3.05, 3.63) is 58.1 Å². The van der Waals surface area contributed by atoms with Crippen LogP contribution in [0.3, 0.4) is 0 Å². The number of carbonyl (C=O) groups is 1. The highest BCUT2D eigenvalue weighted by molar-refractivity contribution is 9.10. The minimum absolute atomic E-state index is 0.361. The van der Waals surface area contributed by atoms with E-state index in [4.69, 9.17) is 9.47 Å². The normalized spacial score (nSPS) is 11.8. The van der Waals surface area contributed by atoms with Crippen LogP contribution in [0.15, 0.2) is 46.9 Å². The number of aliphatic carboxylic acids is 1. The maximum absolute atomic E-state index is 11.3. The van der Waals surface area contributed by atoms with Crippen LogP contribution in [0.25, 0.3) is 0 Å². The second kappa shape index (κ2) is 9.82. The van der Waals surface area contributed by atoms with Crippen LogP contribution in [0.1, 0.15) is 30.4 Å². The fourth-order valence-electron chi connectivity index (χ4n) is 2.25. The third-order valence-electron chi connectivity index (χ3n) is 3.58. The average molecular weight is 472 g/mol. The van der Waals surface area contributed by atoms with E-state index in [2.05, 4.69) is 38.8 Å². The molecule has 0 spiro atoms. The number of ether oxygens (including phenoxy) is 2. The van der Waals surface area contributed by atoms with Gasteiger partial charge in [0.05, 0.1) is 17.0 Å². The quantitative estimate of drug-likeness (QED) is 0.499. The van der Waals surface area contributed by atoms with E-state index in [-0.39, 0.29) is 0 Å². The van der Waals surface area contributed by atoms with E-state index in [1.807, 2.05) is 24.3 Å². The van der Waals surface area contributed by atoms with Crippen molar-refractivity contribution in [1.82, 2.24) is 0 Å². The second-order valence-electron chi connectivity index (χ2n) is 5.52. The predicted molar refractivity (Wildman–Crippen MR) is 105 cm³/mol. The van der Waals surface area contributed by atoms with Crippen molar-refractivity contribution in [3.63, 3.8) is 0 Å². The molecule has 134 valence electrons. The second-order valence-corrected chi connectivity index (χ2v) is 7.02. The van der Waals surface area contributed by atoms with Crippen LogP contribution < -0.4 is 9.47 Å². The number of carboxylic acids is 1. The van der Waals surface area contributed by atoms with Gasteiger partial charge in [0, 0.05) is 5.33 Å². The smallest absolute Gasteiger partial charge is 0.311 e. The Labute approximate surface area is 164 Å². The molecule has 25 heavy (non-hydrogen) atoms. The topological polar surface area (TPSA) is 55.8 Å². The molecule has 2 aromatic carbocycles. The molecule has 2 rings (SSSR count). The number of hydrogen-bond donors (Lipinski definition) is 1. The zero-order valence-corrected chi connectivity index (χ0v) is 17.0. The molecule has 0 radical (unpaired) electrons. The Morgan fingerprint density at radius 2 is 2.00 bits per heavy atom. The largest absolute Gasteiger partial charge is 0.494 e. The zero-order chi connectivity index (χ0) is 18.2. The highest BCUT2D eigenvalue weighted by Crippen LogP contribution is 2.30. The van der Waals surface area contributed by atoms with Crippen molar-refractivity contribution >= 4 is 37.8 Å². The first-order chi connectivity index (χ1) is 12.0. The predicted octanol–water partition coefficient (Wildman–Crippen LogP) is 5.38. The van der Waals surface area contributed by atoms with E-state index in [0.717, 1.165) is 27.8 Å². The first-order valence-corrected chi connectivity index (χ1v) is 9.89. The van der Waals surface area contributed by atoms with E-state index in [1.54, 1.807) is 18.2 Å². The first-order valence-electron chi connectivity index (χ1n) is 7.98. The summed E-state index contributed by atoms with van der Waals surface area (Å²) in [6.45, 7) is 3.16. The average Bonchev–Trinajstić information content (AvgIpc) is 2.60. The molecule has 0 aliphatic heterocycles. The van der Waals surface area contributed by atoms with Crippen LogP contribution >= 0.6 is 31.9 Å². The van der Waals surface area contributed by atoms with Crippen molar-refractivity contribution < 1.29 is 19.4 Å². The summed E-state index contributed by atoms with van der Waals surface area (Å²) in [5, 5.41) is 9.60. The maximum Gasteiger partial charge on any atom is 0.311 e. The Bertz CT molecular complexity index is 718. The monoisotopic (exact) mass is 470 g/mol. The molecule has 0 aromatic heterocycles. The summed E-state index contributed by atoms with van der Waals surface area (Å²) in [6.07, 6.45) is 0.964.